The Labute approximate surface area is 129 Å². The fourth-order valence-electron chi connectivity index (χ4n) is 1.57. The van der Waals surface area contributed by atoms with Gasteiger partial charge in [0.1, 0.15) is 5.82 Å². The second kappa shape index (κ2) is 6.07. The minimum Gasteiger partial charge on any atom is -0.307 e. The molecule has 0 fully saturated rings. The van der Waals surface area contributed by atoms with Crippen molar-refractivity contribution >= 4 is 40.6 Å². The number of aromatic nitrogens is 1. The van der Waals surface area contributed by atoms with Gasteiger partial charge >= 0.3 is 0 Å². The number of nitrogens with one attached hydrogen (secondary N) is 1. The second-order valence-electron chi connectivity index (χ2n) is 4.22. The topological polar surface area (TPSA) is 85.1 Å². The van der Waals surface area contributed by atoms with Crippen molar-refractivity contribution in [3.05, 3.63) is 61.7 Å². The highest BCUT2D eigenvalue weighted by molar-refractivity contribution is 6.44. The zero-order valence-electron chi connectivity index (χ0n) is 10.8. The van der Waals surface area contributed by atoms with Crippen molar-refractivity contribution in [3.63, 3.8) is 0 Å². The van der Waals surface area contributed by atoms with E-state index in [1.807, 2.05) is 6.92 Å². The Morgan fingerprint density at radius 1 is 1.33 bits per heavy atom. The highest BCUT2D eigenvalue weighted by Gasteiger charge is 2.19. The number of carbonyl (C=O) groups is 1. The fraction of sp³-hybridized carbons (Fsp3) is 0.0769. The predicted octanol–water partition coefficient (Wildman–Crippen LogP) is 3.86. The van der Waals surface area contributed by atoms with Crippen LogP contribution in [0.25, 0.3) is 0 Å². The Morgan fingerprint density at radius 3 is 2.62 bits per heavy atom. The van der Waals surface area contributed by atoms with E-state index in [0.29, 0.717) is 5.82 Å². The van der Waals surface area contributed by atoms with E-state index in [9.17, 15) is 14.9 Å². The van der Waals surface area contributed by atoms with E-state index in [4.69, 9.17) is 23.2 Å². The van der Waals surface area contributed by atoms with Crippen LogP contribution in [0.3, 0.4) is 0 Å². The molecule has 0 saturated heterocycles. The van der Waals surface area contributed by atoms with Crippen LogP contribution in [-0.2, 0) is 0 Å². The van der Waals surface area contributed by atoms with Gasteiger partial charge in [0.2, 0.25) is 0 Å². The smallest absolute Gasteiger partial charge is 0.271 e. The molecule has 0 unspecified atom stereocenters. The number of amides is 1. The summed E-state index contributed by atoms with van der Waals surface area (Å²) in [5.74, 6) is -0.314. The first-order valence-corrected chi connectivity index (χ1v) is 6.51. The third-order valence-electron chi connectivity index (χ3n) is 2.62. The van der Waals surface area contributed by atoms with Gasteiger partial charge < -0.3 is 5.32 Å². The third kappa shape index (κ3) is 3.48. The molecule has 21 heavy (non-hydrogen) atoms. The van der Waals surface area contributed by atoms with Gasteiger partial charge in [-0.2, -0.15) is 0 Å². The first kappa shape index (κ1) is 15.2. The maximum atomic E-state index is 12.1. The van der Waals surface area contributed by atoms with Crippen LogP contribution < -0.4 is 5.32 Å². The van der Waals surface area contributed by atoms with E-state index in [-0.39, 0.29) is 21.3 Å². The van der Waals surface area contributed by atoms with E-state index < -0.39 is 10.8 Å². The summed E-state index contributed by atoms with van der Waals surface area (Å²) in [6, 6.07) is 5.53. The number of benzene rings is 1. The van der Waals surface area contributed by atoms with Gasteiger partial charge in [0.05, 0.1) is 20.5 Å². The molecule has 0 radical (unpaired) electrons. The molecule has 2 rings (SSSR count). The zero-order valence-corrected chi connectivity index (χ0v) is 12.3. The lowest BCUT2D eigenvalue weighted by atomic mass is 10.2. The Morgan fingerprint density at radius 2 is 2.05 bits per heavy atom. The van der Waals surface area contributed by atoms with Gasteiger partial charge in [0, 0.05) is 18.3 Å². The highest BCUT2D eigenvalue weighted by atomic mass is 35.5. The Kier molecular flexibility index (Phi) is 4.40. The van der Waals surface area contributed by atoms with Gasteiger partial charge in [0.25, 0.3) is 11.6 Å². The number of non-ortho nitro benzene ring substituents is 1. The number of nitro benzene ring substituents is 1. The molecular weight excluding hydrogens is 317 g/mol. The molecule has 0 atom stereocenters. The molecule has 1 aromatic heterocycles. The number of pyridine rings is 1. The van der Waals surface area contributed by atoms with E-state index in [1.54, 1.807) is 18.3 Å². The Balaban J connectivity index is 2.34. The molecule has 0 aliphatic rings. The van der Waals surface area contributed by atoms with Gasteiger partial charge in [-0.1, -0.05) is 29.3 Å². The normalized spacial score (nSPS) is 10.2. The van der Waals surface area contributed by atoms with E-state index in [1.165, 1.54) is 0 Å². The summed E-state index contributed by atoms with van der Waals surface area (Å²) in [5.41, 5.74) is 0.536. The third-order valence-corrected chi connectivity index (χ3v) is 3.42. The number of carbonyl (C=O) groups excluding carboxylic acids is 1. The lowest BCUT2D eigenvalue weighted by Gasteiger charge is -2.07. The summed E-state index contributed by atoms with van der Waals surface area (Å²) in [7, 11) is 0. The van der Waals surface area contributed by atoms with Crippen molar-refractivity contribution in [2.75, 3.05) is 5.32 Å². The maximum absolute atomic E-state index is 12.1. The van der Waals surface area contributed by atoms with Gasteiger partial charge in [-0.25, -0.2) is 4.98 Å². The van der Waals surface area contributed by atoms with Crippen molar-refractivity contribution in [1.82, 2.24) is 4.98 Å². The summed E-state index contributed by atoms with van der Waals surface area (Å²) in [6.45, 7) is 1.86. The molecule has 1 amide bonds. The molecule has 1 N–H and O–H groups in total. The van der Waals surface area contributed by atoms with E-state index >= 15 is 0 Å². The Hall–Kier alpha value is -2.18. The number of hydrogen-bond acceptors (Lipinski definition) is 4. The van der Waals surface area contributed by atoms with Crippen molar-refractivity contribution in [2.45, 2.75) is 6.92 Å². The lowest BCUT2D eigenvalue weighted by molar-refractivity contribution is -0.384. The molecule has 8 heteroatoms. The van der Waals surface area contributed by atoms with Gasteiger partial charge in [-0.3, -0.25) is 14.9 Å². The highest BCUT2D eigenvalue weighted by Crippen LogP contribution is 2.31. The molecule has 108 valence electrons. The number of aryl methyl sites for hydroxylation is 1. The first-order valence-electron chi connectivity index (χ1n) is 5.76. The quantitative estimate of drug-likeness (QED) is 0.685. The summed E-state index contributed by atoms with van der Waals surface area (Å²) in [6.07, 6.45) is 1.58. The van der Waals surface area contributed by atoms with Crippen molar-refractivity contribution in [3.8, 4) is 0 Å². The molecule has 1 aromatic carbocycles. The summed E-state index contributed by atoms with van der Waals surface area (Å²) in [4.78, 5) is 26.3. The second-order valence-corrected chi connectivity index (χ2v) is 5.01. The average molecular weight is 326 g/mol. The molecule has 6 nitrogen and oxygen atoms in total. The van der Waals surface area contributed by atoms with Crippen LogP contribution in [0.5, 0.6) is 0 Å². The molecular formula is C13H9Cl2N3O3. The summed E-state index contributed by atoms with van der Waals surface area (Å²) in [5, 5.41) is 13.2. The maximum Gasteiger partial charge on any atom is 0.271 e. The standard InChI is InChI=1S/C13H9Cl2N3O3/c1-7-2-3-11(16-6-7)17-13(19)9-4-8(18(20)21)5-10(14)12(9)15/h2-6H,1H3,(H,16,17,19). The number of halogens is 2. The molecule has 0 saturated carbocycles. The monoisotopic (exact) mass is 325 g/mol. The van der Waals surface area contributed by atoms with Gasteiger partial charge in [-0.15, -0.1) is 0 Å². The van der Waals surface area contributed by atoms with Crippen molar-refractivity contribution in [2.24, 2.45) is 0 Å². The number of nitro groups is 1. The summed E-state index contributed by atoms with van der Waals surface area (Å²) < 4.78 is 0. The molecule has 2 aromatic rings. The van der Waals surface area contributed by atoms with E-state index in [0.717, 1.165) is 17.7 Å². The van der Waals surface area contributed by atoms with Gasteiger partial charge in [0.15, 0.2) is 0 Å². The number of nitrogens with zero attached hydrogens (tertiary/aromatic N) is 2. The van der Waals surface area contributed by atoms with Crippen LogP contribution in [-0.4, -0.2) is 15.8 Å². The van der Waals surface area contributed by atoms with Crippen molar-refractivity contribution < 1.29 is 9.72 Å². The van der Waals surface area contributed by atoms with Crippen LogP contribution in [0, 0.1) is 17.0 Å². The molecule has 1 heterocycles. The largest absolute Gasteiger partial charge is 0.307 e. The Bertz CT molecular complexity index is 717. The fourth-order valence-corrected chi connectivity index (χ4v) is 1.98. The van der Waals surface area contributed by atoms with Crippen LogP contribution in [0.15, 0.2) is 30.5 Å². The van der Waals surface area contributed by atoms with Crippen LogP contribution in [0.1, 0.15) is 15.9 Å². The average Bonchev–Trinajstić information content (AvgIpc) is 2.43. The first-order chi connectivity index (χ1) is 9.88. The van der Waals surface area contributed by atoms with Crippen LogP contribution >= 0.6 is 23.2 Å². The number of rotatable bonds is 3. The summed E-state index contributed by atoms with van der Waals surface area (Å²) >= 11 is 11.7. The minimum atomic E-state index is -0.650. The number of anilines is 1. The SMILES string of the molecule is Cc1ccc(NC(=O)c2cc([N+](=O)[O-])cc(Cl)c2Cl)nc1. The minimum absolute atomic E-state index is 0.0492. The molecule has 0 aliphatic carbocycles. The molecule has 0 spiro atoms. The van der Waals surface area contributed by atoms with Crippen molar-refractivity contribution in [1.29, 1.82) is 0 Å². The zero-order chi connectivity index (χ0) is 15.6. The lowest BCUT2D eigenvalue weighted by Crippen LogP contribution is -2.14. The molecule has 0 bridgehead atoms. The molecule has 0 aliphatic heterocycles. The van der Waals surface area contributed by atoms with Crippen LogP contribution in [0.2, 0.25) is 10.0 Å². The van der Waals surface area contributed by atoms with E-state index in [2.05, 4.69) is 10.3 Å². The predicted molar refractivity (Wildman–Crippen MR) is 80.0 cm³/mol. The van der Waals surface area contributed by atoms with Crippen LogP contribution in [0.4, 0.5) is 11.5 Å². The number of hydrogen-bond donors (Lipinski definition) is 1. The van der Waals surface area contributed by atoms with Gasteiger partial charge in [-0.05, 0) is 18.6 Å².